The summed E-state index contributed by atoms with van der Waals surface area (Å²) in [7, 11) is 0. The Morgan fingerprint density at radius 2 is 2.09 bits per heavy atom. The minimum atomic E-state index is 0.328. The van der Waals surface area contributed by atoms with Crippen LogP contribution in [0.5, 0.6) is 0 Å². The summed E-state index contributed by atoms with van der Waals surface area (Å²) in [5, 5.41) is 8.16. The van der Waals surface area contributed by atoms with Crippen LogP contribution >= 0.6 is 0 Å². The molecule has 1 fully saturated rings. The van der Waals surface area contributed by atoms with E-state index in [2.05, 4.69) is 30.0 Å². The Morgan fingerprint density at radius 3 is 2.91 bits per heavy atom. The summed E-state index contributed by atoms with van der Waals surface area (Å²) in [5.41, 5.74) is 2.45. The molecule has 4 aromatic rings. The molecule has 1 N–H and O–H groups in total. The van der Waals surface area contributed by atoms with Gasteiger partial charge < -0.3 is 9.32 Å². The third-order valence-electron chi connectivity index (χ3n) is 4.30. The maximum atomic E-state index is 5.98. The minimum Gasteiger partial charge on any atom is -0.450 e. The molecule has 0 aliphatic carbocycles. The fraction of sp³-hybridized carbons (Fsp3) is 0.250. The van der Waals surface area contributed by atoms with Crippen molar-refractivity contribution in [2.24, 2.45) is 0 Å². The standard InChI is InChI=1S/C16H14N6O/c1-9-19-15(21-20-9)10-6-22(7-10)16-14-13(17-8-18-16)11-4-2-3-5-12(11)23-14/h2-5,8,10H,6-7H2,1H3,(H,19,20,21). The van der Waals surface area contributed by atoms with Crippen LogP contribution in [0.3, 0.4) is 0 Å². The molecule has 0 saturated carbocycles. The average molecular weight is 306 g/mol. The number of benzene rings is 1. The van der Waals surface area contributed by atoms with Crippen LogP contribution in [0.2, 0.25) is 0 Å². The van der Waals surface area contributed by atoms with Crippen molar-refractivity contribution in [1.29, 1.82) is 0 Å². The number of aryl methyl sites for hydroxylation is 1. The van der Waals surface area contributed by atoms with Crippen LogP contribution in [0.25, 0.3) is 22.1 Å². The summed E-state index contributed by atoms with van der Waals surface area (Å²) in [6.45, 7) is 3.58. The Hall–Kier alpha value is -2.96. The number of anilines is 1. The van der Waals surface area contributed by atoms with Crippen LogP contribution in [0, 0.1) is 6.92 Å². The summed E-state index contributed by atoms with van der Waals surface area (Å²) < 4.78 is 5.98. The summed E-state index contributed by atoms with van der Waals surface area (Å²) in [5.74, 6) is 2.89. The van der Waals surface area contributed by atoms with Gasteiger partial charge in [-0.3, -0.25) is 5.10 Å². The van der Waals surface area contributed by atoms with E-state index in [1.54, 1.807) is 6.33 Å². The van der Waals surface area contributed by atoms with Crippen LogP contribution in [0.1, 0.15) is 17.6 Å². The van der Waals surface area contributed by atoms with Gasteiger partial charge in [-0.1, -0.05) is 12.1 Å². The number of nitrogens with one attached hydrogen (secondary N) is 1. The largest absolute Gasteiger partial charge is 0.450 e. The molecule has 7 nitrogen and oxygen atoms in total. The number of para-hydroxylation sites is 1. The quantitative estimate of drug-likeness (QED) is 0.612. The van der Waals surface area contributed by atoms with Crippen molar-refractivity contribution < 1.29 is 4.42 Å². The topological polar surface area (TPSA) is 83.7 Å². The smallest absolute Gasteiger partial charge is 0.196 e. The molecule has 1 saturated heterocycles. The highest BCUT2D eigenvalue weighted by Gasteiger charge is 2.33. The lowest BCUT2D eigenvalue weighted by molar-refractivity contribution is 0.495. The Labute approximate surface area is 131 Å². The van der Waals surface area contributed by atoms with E-state index in [-0.39, 0.29) is 0 Å². The first-order valence-corrected chi connectivity index (χ1v) is 7.55. The van der Waals surface area contributed by atoms with Gasteiger partial charge in [-0.25, -0.2) is 15.0 Å². The number of fused-ring (bicyclic) bond motifs is 3. The van der Waals surface area contributed by atoms with E-state index in [0.717, 1.165) is 52.6 Å². The fourth-order valence-electron chi connectivity index (χ4n) is 3.09. The van der Waals surface area contributed by atoms with Crippen molar-refractivity contribution in [1.82, 2.24) is 25.1 Å². The zero-order valence-electron chi connectivity index (χ0n) is 12.5. The molecule has 114 valence electrons. The molecule has 0 amide bonds. The van der Waals surface area contributed by atoms with Crippen molar-refractivity contribution >= 4 is 27.9 Å². The van der Waals surface area contributed by atoms with Gasteiger partial charge in [0.25, 0.3) is 0 Å². The van der Waals surface area contributed by atoms with Gasteiger partial charge in [0.1, 0.15) is 23.3 Å². The second-order valence-corrected chi connectivity index (χ2v) is 5.85. The molecule has 0 spiro atoms. The van der Waals surface area contributed by atoms with Gasteiger partial charge in [-0.2, -0.15) is 5.10 Å². The highest BCUT2D eigenvalue weighted by atomic mass is 16.3. The number of nitrogens with zero attached hydrogens (tertiary/aromatic N) is 5. The molecule has 4 heterocycles. The number of hydrogen-bond donors (Lipinski definition) is 1. The van der Waals surface area contributed by atoms with Gasteiger partial charge in [0.2, 0.25) is 0 Å². The van der Waals surface area contributed by atoms with Gasteiger partial charge in [-0.15, -0.1) is 0 Å². The lowest BCUT2D eigenvalue weighted by Crippen LogP contribution is -2.46. The Morgan fingerprint density at radius 1 is 1.22 bits per heavy atom. The molecular weight excluding hydrogens is 292 g/mol. The number of aromatic amines is 1. The minimum absolute atomic E-state index is 0.328. The molecule has 0 unspecified atom stereocenters. The molecule has 1 aliphatic rings. The van der Waals surface area contributed by atoms with Gasteiger partial charge in [-0.05, 0) is 19.1 Å². The van der Waals surface area contributed by atoms with E-state index in [1.807, 2.05) is 31.2 Å². The second kappa shape index (κ2) is 4.52. The average Bonchev–Trinajstić information content (AvgIpc) is 3.10. The number of rotatable bonds is 2. The first-order chi connectivity index (χ1) is 11.3. The highest BCUT2D eigenvalue weighted by molar-refractivity contribution is 6.05. The van der Waals surface area contributed by atoms with Gasteiger partial charge >= 0.3 is 0 Å². The summed E-state index contributed by atoms with van der Waals surface area (Å²) in [4.78, 5) is 15.4. The second-order valence-electron chi connectivity index (χ2n) is 5.85. The Balaban J connectivity index is 1.52. The van der Waals surface area contributed by atoms with E-state index >= 15 is 0 Å². The predicted molar refractivity (Wildman–Crippen MR) is 85.4 cm³/mol. The highest BCUT2D eigenvalue weighted by Crippen LogP contribution is 2.36. The summed E-state index contributed by atoms with van der Waals surface area (Å²) in [6, 6.07) is 7.93. The van der Waals surface area contributed by atoms with Crippen molar-refractivity contribution in [2.75, 3.05) is 18.0 Å². The van der Waals surface area contributed by atoms with Gasteiger partial charge in [0.15, 0.2) is 17.2 Å². The molecule has 5 rings (SSSR count). The summed E-state index contributed by atoms with van der Waals surface area (Å²) >= 11 is 0. The lowest BCUT2D eigenvalue weighted by atomic mass is 9.99. The van der Waals surface area contributed by atoms with E-state index in [4.69, 9.17) is 4.42 Å². The predicted octanol–water partition coefficient (Wildman–Crippen LogP) is 2.41. The van der Waals surface area contributed by atoms with Crippen LogP contribution < -0.4 is 4.90 Å². The maximum Gasteiger partial charge on any atom is 0.196 e. The SMILES string of the molecule is Cc1nc(C2CN(c3ncnc4c3oc3ccccc34)C2)n[nH]1. The van der Waals surface area contributed by atoms with Crippen molar-refractivity contribution in [3.05, 3.63) is 42.2 Å². The number of H-pyrrole nitrogens is 1. The third kappa shape index (κ3) is 1.82. The molecule has 1 aromatic carbocycles. The van der Waals surface area contributed by atoms with E-state index in [9.17, 15) is 0 Å². The number of hydrogen-bond acceptors (Lipinski definition) is 6. The van der Waals surface area contributed by atoms with E-state index in [0.29, 0.717) is 5.92 Å². The lowest BCUT2D eigenvalue weighted by Gasteiger charge is -2.38. The first-order valence-electron chi connectivity index (χ1n) is 7.55. The third-order valence-corrected chi connectivity index (χ3v) is 4.30. The van der Waals surface area contributed by atoms with E-state index in [1.165, 1.54) is 0 Å². The molecule has 0 bridgehead atoms. The maximum absolute atomic E-state index is 5.98. The van der Waals surface area contributed by atoms with Gasteiger partial charge in [0.05, 0.1) is 5.92 Å². The van der Waals surface area contributed by atoms with Crippen molar-refractivity contribution in [2.45, 2.75) is 12.8 Å². The molecule has 0 atom stereocenters. The zero-order valence-corrected chi connectivity index (χ0v) is 12.5. The summed E-state index contributed by atoms with van der Waals surface area (Å²) in [6.07, 6.45) is 1.60. The van der Waals surface area contributed by atoms with E-state index < -0.39 is 0 Å². The first kappa shape index (κ1) is 12.6. The molecule has 3 aromatic heterocycles. The Kier molecular flexibility index (Phi) is 2.47. The fourth-order valence-corrected chi connectivity index (χ4v) is 3.09. The van der Waals surface area contributed by atoms with Crippen LogP contribution in [-0.4, -0.2) is 38.2 Å². The van der Waals surface area contributed by atoms with Crippen LogP contribution in [0.4, 0.5) is 5.82 Å². The zero-order chi connectivity index (χ0) is 15.4. The van der Waals surface area contributed by atoms with Gasteiger partial charge in [0, 0.05) is 18.5 Å². The van der Waals surface area contributed by atoms with Crippen LogP contribution in [0.15, 0.2) is 35.0 Å². The molecular formula is C16H14N6O. The number of furan rings is 1. The van der Waals surface area contributed by atoms with Crippen molar-refractivity contribution in [3.8, 4) is 0 Å². The number of aromatic nitrogens is 5. The van der Waals surface area contributed by atoms with Crippen molar-refractivity contribution in [3.63, 3.8) is 0 Å². The normalized spacial score (nSPS) is 15.4. The molecule has 0 radical (unpaired) electrons. The molecule has 7 heteroatoms. The Bertz CT molecular complexity index is 1010. The monoisotopic (exact) mass is 306 g/mol. The molecule has 1 aliphatic heterocycles. The van der Waals surface area contributed by atoms with Crippen LogP contribution in [-0.2, 0) is 0 Å². The molecule has 23 heavy (non-hydrogen) atoms.